The number of hydrogen-bond acceptors (Lipinski definition) is 4. The molecule has 7 nitrogen and oxygen atoms in total. The molecule has 4 rings (SSSR count). The largest absolute Gasteiger partial charge is 0.383 e. The number of carbonyl (C=O) groups is 2. The molecule has 0 bridgehead atoms. The van der Waals surface area contributed by atoms with Crippen LogP contribution in [0, 0.1) is 11.8 Å². The number of ether oxygens (including phenoxy) is 2. The highest BCUT2D eigenvalue weighted by molar-refractivity contribution is 6.00. The van der Waals surface area contributed by atoms with E-state index in [0.29, 0.717) is 31.2 Å². The number of nitrogens with one attached hydrogen (secondary N) is 1. The van der Waals surface area contributed by atoms with Gasteiger partial charge in [0.25, 0.3) is 5.91 Å². The van der Waals surface area contributed by atoms with Crippen molar-refractivity contribution in [1.29, 1.82) is 0 Å². The Morgan fingerprint density at radius 3 is 2.73 bits per heavy atom. The third kappa shape index (κ3) is 5.09. The molecule has 0 radical (unpaired) electrons. The smallest absolute Gasteiger partial charge is 0.254 e. The van der Waals surface area contributed by atoms with E-state index in [1.165, 1.54) is 28.6 Å². The number of hydrogen-bond donors (Lipinski definition) is 1. The quantitative estimate of drug-likeness (QED) is 0.622. The first-order chi connectivity index (χ1) is 16.0. The highest BCUT2D eigenvalue weighted by Crippen LogP contribution is 2.39. The molecule has 180 valence electrons. The zero-order chi connectivity index (χ0) is 23.4. The molecule has 7 heteroatoms. The standard InChI is InChI=1S/C26H37N3O4/c1-4-29(17-25(30)27-11-14-32-3)26(31)20-6-8-24-22(16-20)21-15-19(5-7-23(21)28(24)2)18-9-12-33-13-10-18/h6,8,16,18-19H,4-5,7,9-15,17H2,1-3H3,(H,27,30). The highest BCUT2D eigenvalue weighted by Gasteiger charge is 2.31. The van der Waals surface area contributed by atoms with Crippen LogP contribution in [0.5, 0.6) is 0 Å². The highest BCUT2D eigenvalue weighted by atomic mass is 16.5. The van der Waals surface area contributed by atoms with E-state index in [0.717, 1.165) is 44.8 Å². The van der Waals surface area contributed by atoms with Crippen molar-refractivity contribution in [3.63, 3.8) is 0 Å². The number of benzene rings is 1. The summed E-state index contributed by atoms with van der Waals surface area (Å²) in [4.78, 5) is 27.1. The van der Waals surface area contributed by atoms with E-state index in [2.05, 4.69) is 23.0 Å². The Bertz CT molecular complexity index is 993. The van der Waals surface area contributed by atoms with E-state index in [9.17, 15) is 9.59 Å². The minimum Gasteiger partial charge on any atom is -0.383 e. The number of nitrogens with zero attached hydrogens (tertiary/aromatic N) is 2. The fourth-order valence-electron chi connectivity index (χ4n) is 5.56. The van der Waals surface area contributed by atoms with Crippen molar-refractivity contribution in [3.8, 4) is 0 Å². The molecule has 2 amide bonds. The SMILES string of the molecule is CCN(CC(=O)NCCOC)C(=O)c1ccc2c(c1)c1c(n2C)CCC(C2CCOCC2)C1. The summed E-state index contributed by atoms with van der Waals surface area (Å²) < 4.78 is 12.9. The fraction of sp³-hybridized carbons (Fsp3) is 0.615. The van der Waals surface area contributed by atoms with Crippen LogP contribution in [0.4, 0.5) is 0 Å². The van der Waals surface area contributed by atoms with Crippen molar-refractivity contribution in [2.45, 2.75) is 39.0 Å². The molecular weight excluding hydrogens is 418 g/mol. The lowest BCUT2D eigenvalue weighted by Crippen LogP contribution is -2.41. The van der Waals surface area contributed by atoms with Crippen molar-refractivity contribution in [3.05, 3.63) is 35.0 Å². The number of aryl methyl sites for hydroxylation is 1. The van der Waals surface area contributed by atoms with Crippen LogP contribution in [0.1, 0.15) is 47.8 Å². The number of methoxy groups -OCH3 is 1. The number of amides is 2. The van der Waals surface area contributed by atoms with E-state index in [1.54, 1.807) is 12.0 Å². The van der Waals surface area contributed by atoms with Crippen molar-refractivity contribution in [2.75, 3.05) is 46.6 Å². The number of fused-ring (bicyclic) bond motifs is 3. The van der Waals surface area contributed by atoms with Gasteiger partial charge in [0.15, 0.2) is 0 Å². The van der Waals surface area contributed by atoms with Gasteiger partial charge in [-0.05, 0) is 74.6 Å². The van der Waals surface area contributed by atoms with Crippen molar-refractivity contribution < 1.29 is 19.1 Å². The second-order valence-electron chi connectivity index (χ2n) is 9.33. The molecule has 2 heterocycles. The summed E-state index contributed by atoms with van der Waals surface area (Å²) in [5.74, 6) is 1.16. The zero-order valence-corrected chi connectivity index (χ0v) is 20.2. The number of aromatic nitrogens is 1. The molecule has 1 aromatic carbocycles. The lowest BCUT2D eigenvalue weighted by Gasteiger charge is -2.33. The van der Waals surface area contributed by atoms with Gasteiger partial charge in [-0.3, -0.25) is 9.59 Å². The normalized spacial score (nSPS) is 18.8. The molecule has 0 saturated carbocycles. The van der Waals surface area contributed by atoms with Crippen LogP contribution >= 0.6 is 0 Å². The predicted molar refractivity (Wildman–Crippen MR) is 128 cm³/mol. The van der Waals surface area contributed by atoms with Crippen LogP contribution in [-0.4, -0.2) is 67.8 Å². The molecule has 1 aliphatic carbocycles. The van der Waals surface area contributed by atoms with Gasteiger partial charge in [-0.15, -0.1) is 0 Å². The third-order valence-electron chi connectivity index (χ3n) is 7.47. The number of likely N-dealkylation sites (N-methyl/N-ethyl adjacent to an activating group) is 1. The van der Waals surface area contributed by atoms with Crippen LogP contribution in [-0.2, 0) is 34.2 Å². The Morgan fingerprint density at radius 2 is 2.00 bits per heavy atom. The van der Waals surface area contributed by atoms with E-state index >= 15 is 0 Å². The summed E-state index contributed by atoms with van der Waals surface area (Å²) in [6.07, 6.45) is 5.72. The van der Waals surface area contributed by atoms with Crippen LogP contribution in [0.3, 0.4) is 0 Å². The average Bonchev–Trinajstić information content (AvgIpc) is 3.13. The summed E-state index contributed by atoms with van der Waals surface area (Å²) in [6.45, 7) is 5.10. The lowest BCUT2D eigenvalue weighted by molar-refractivity contribution is -0.121. The van der Waals surface area contributed by atoms with Gasteiger partial charge in [0.05, 0.1) is 13.2 Å². The molecule has 1 unspecified atom stereocenters. The van der Waals surface area contributed by atoms with Crippen LogP contribution in [0.2, 0.25) is 0 Å². The maximum atomic E-state index is 13.3. The third-order valence-corrected chi connectivity index (χ3v) is 7.47. The van der Waals surface area contributed by atoms with Gasteiger partial charge >= 0.3 is 0 Å². The summed E-state index contributed by atoms with van der Waals surface area (Å²) in [7, 11) is 3.73. The Balaban J connectivity index is 1.55. The lowest BCUT2D eigenvalue weighted by atomic mass is 9.75. The maximum absolute atomic E-state index is 13.3. The van der Waals surface area contributed by atoms with E-state index in [4.69, 9.17) is 9.47 Å². The van der Waals surface area contributed by atoms with Crippen molar-refractivity contribution in [2.24, 2.45) is 18.9 Å². The van der Waals surface area contributed by atoms with Gasteiger partial charge in [0.2, 0.25) is 5.91 Å². The molecule has 1 saturated heterocycles. The first kappa shape index (κ1) is 23.8. The Labute approximate surface area is 196 Å². The predicted octanol–water partition coefficient (Wildman–Crippen LogP) is 2.93. The van der Waals surface area contributed by atoms with E-state index < -0.39 is 0 Å². The van der Waals surface area contributed by atoms with Crippen molar-refractivity contribution in [1.82, 2.24) is 14.8 Å². The molecule has 1 atom stereocenters. The molecule has 1 aliphatic heterocycles. The van der Waals surface area contributed by atoms with Crippen LogP contribution in [0.25, 0.3) is 10.9 Å². The Kier molecular flexibility index (Phi) is 7.71. The number of carbonyl (C=O) groups excluding carboxylic acids is 2. The van der Waals surface area contributed by atoms with Gasteiger partial charge in [-0.2, -0.15) is 0 Å². The summed E-state index contributed by atoms with van der Waals surface area (Å²) in [5.41, 5.74) is 4.65. The topological polar surface area (TPSA) is 72.8 Å². The van der Waals surface area contributed by atoms with Gasteiger partial charge in [0, 0.05) is 62.6 Å². The van der Waals surface area contributed by atoms with Gasteiger partial charge in [-0.1, -0.05) is 0 Å². The first-order valence-electron chi connectivity index (χ1n) is 12.3. The second kappa shape index (κ2) is 10.7. The summed E-state index contributed by atoms with van der Waals surface area (Å²) >= 11 is 0. The van der Waals surface area contributed by atoms with Crippen molar-refractivity contribution >= 4 is 22.7 Å². The van der Waals surface area contributed by atoms with E-state index in [-0.39, 0.29) is 18.4 Å². The average molecular weight is 456 g/mol. The Hall–Kier alpha value is -2.38. The van der Waals surface area contributed by atoms with Crippen LogP contribution in [0.15, 0.2) is 18.2 Å². The molecule has 2 aliphatic rings. The van der Waals surface area contributed by atoms with Gasteiger partial charge in [-0.25, -0.2) is 0 Å². The van der Waals surface area contributed by atoms with Gasteiger partial charge in [0.1, 0.15) is 0 Å². The molecule has 1 N–H and O–H groups in total. The fourth-order valence-corrected chi connectivity index (χ4v) is 5.56. The van der Waals surface area contributed by atoms with Gasteiger partial charge < -0.3 is 24.3 Å². The van der Waals surface area contributed by atoms with Crippen LogP contribution < -0.4 is 5.32 Å². The molecule has 0 spiro atoms. The number of rotatable bonds is 8. The summed E-state index contributed by atoms with van der Waals surface area (Å²) in [6, 6.07) is 6.02. The molecule has 33 heavy (non-hydrogen) atoms. The second-order valence-corrected chi connectivity index (χ2v) is 9.33. The zero-order valence-electron chi connectivity index (χ0n) is 20.2. The summed E-state index contributed by atoms with van der Waals surface area (Å²) in [5, 5.41) is 3.98. The molecule has 1 aromatic heterocycles. The minimum absolute atomic E-state index is 0.0514. The molecule has 1 fully saturated rings. The first-order valence-corrected chi connectivity index (χ1v) is 12.3. The monoisotopic (exact) mass is 455 g/mol. The molecule has 2 aromatic rings. The minimum atomic E-state index is -0.167. The maximum Gasteiger partial charge on any atom is 0.254 e. The Morgan fingerprint density at radius 1 is 1.21 bits per heavy atom. The molecular formula is C26H37N3O4. The van der Waals surface area contributed by atoms with E-state index in [1.807, 2.05) is 19.1 Å².